The third-order valence-corrected chi connectivity index (χ3v) is 5.74. The van der Waals surface area contributed by atoms with E-state index in [9.17, 15) is 14.7 Å². The Bertz CT molecular complexity index is 1230. The number of para-hydroxylation sites is 1. The fourth-order valence-electron chi connectivity index (χ4n) is 4.34. The van der Waals surface area contributed by atoms with Crippen LogP contribution >= 0.6 is 0 Å². The summed E-state index contributed by atoms with van der Waals surface area (Å²) < 4.78 is 11.2. The van der Waals surface area contributed by atoms with Crippen LogP contribution in [0.15, 0.2) is 54.2 Å². The summed E-state index contributed by atoms with van der Waals surface area (Å²) in [5, 5.41) is 12.1. The van der Waals surface area contributed by atoms with Crippen molar-refractivity contribution < 1.29 is 24.2 Å². The third kappa shape index (κ3) is 3.04. The number of aliphatic hydroxyl groups excluding tert-OH is 1. The molecule has 1 saturated heterocycles. The summed E-state index contributed by atoms with van der Waals surface area (Å²) in [6.07, 6.45) is 2.50. The molecular weight excluding hydrogens is 396 g/mol. The van der Waals surface area contributed by atoms with Gasteiger partial charge in [0.15, 0.2) is 11.5 Å². The van der Waals surface area contributed by atoms with E-state index in [0.29, 0.717) is 43.2 Å². The molecule has 158 valence electrons. The lowest BCUT2D eigenvalue weighted by atomic mass is 9.94. The van der Waals surface area contributed by atoms with Gasteiger partial charge < -0.3 is 24.5 Å². The van der Waals surface area contributed by atoms with Crippen molar-refractivity contribution in [2.24, 2.45) is 0 Å². The average molecular weight is 418 g/mol. The second-order valence-corrected chi connectivity index (χ2v) is 7.64. The number of hydrogen-bond donors (Lipinski definition) is 2. The Kier molecular flexibility index (Phi) is 4.66. The van der Waals surface area contributed by atoms with Crippen molar-refractivity contribution in [2.45, 2.75) is 19.4 Å². The minimum atomic E-state index is -0.684. The lowest BCUT2D eigenvalue weighted by Crippen LogP contribution is -2.30. The van der Waals surface area contributed by atoms with E-state index in [4.69, 9.17) is 9.47 Å². The molecular formula is C24H22N2O5. The van der Waals surface area contributed by atoms with Crippen molar-refractivity contribution in [2.75, 3.05) is 19.8 Å². The van der Waals surface area contributed by atoms with Crippen LogP contribution in [0.1, 0.15) is 30.5 Å². The Morgan fingerprint density at radius 2 is 1.90 bits per heavy atom. The maximum Gasteiger partial charge on any atom is 0.295 e. The molecule has 1 amide bonds. The normalized spacial score (nSPS) is 19.9. The standard InChI is InChI=1S/C24H22N2O5/c1-2-9-26-21(16-13-25-17-6-4-3-5-15(16)17)20(23(28)24(26)29)22(27)14-7-8-18-19(12-14)31-11-10-30-18/h3-8,12-13,21,25,27H,2,9-11H2,1H3/b22-20+. The number of carbonyl (C=O) groups is 2. The monoisotopic (exact) mass is 418 g/mol. The van der Waals surface area contributed by atoms with E-state index in [0.717, 1.165) is 16.5 Å². The number of Topliss-reactive ketones (excluding diaryl/α,β-unsaturated/α-hetero) is 1. The predicted octanol–water partition coefficient (Wildman–Crippen LogP) is 3.77. The van der Waals surface area contributed by atoms with Crippen LogP contribution in [0.5, 0.6) is 11.5 Å². The molecule has 7 heteroatoms. The molecule has 0 radical (unpaired) electrons. The molecule has 0 aliphatic carbocycles. The molecule has 2 aliphatic rings. The number of aliphatic hydroxyl groups is 1. The number of carbonyl (C=O) groups excluding carboxylic acids is 2. The van der Waals surface area contributed by atoms with Crippen LogP contribution in [0.3, 0.4) is 0 Å². The van der Waals surface area contributed by atoms with E-state index in [2.05, 4.69) is 4.98 Å². The first-order chi connectivity index (χ1) is 15.1. The van der Waals surface area contributed by atoms with Gasteiger partial charge in [0.1, 0.15) is 19.0 Å². The summed E-state index contributed by atoms with van der Waals surface area (Å²) in [7, 11) is 0. The second kappa shape index (κ2) is 7.50. The molecule has 0 bridgehead atoms. The Morgan fingerprint density at radius 1 is 1.13 bits per heavy atom. The molecule has 1 fully saturated rings. The van der Waals surface area contributed by atoms with Crippen molar-refractivity contribution >= 4 is 28.4 Å². The van der Waals surface area contributed by atoms with Gasteiger partial charge in [0, 0.05) is 34.8 Å². The zero-order valence-corrected chi connectivity index (χ0v) is 17.1. The largest absolute Gasteiger partial charge is 0.507 e. The summed E-state index contributed by atoms with van der Waals surface area (Å²) in [5.74, 6) is -0.416. The highest BCUT2D eigenvalue weighted by Crippen LogP contribution is 2.43. The highest BCUT2D eigenvalue weighted by molar-refractivity contribution is 6.46. The zero-order chi connectivity index (χ0) is 21.5. The van der Waals surface area contributed by atoms with Crippen LogP contribution < -0.4 is 9.47 Å². The SMILES string of the molecule is CCCN1C(=O)C(=O)/C(=C(/O)c2ccc3c(c2)OCCO3)C1c1c[nH]c2ccccc12. The number of H-pyrrole nitrogens is 1. The number of likely N-dealkylation sites (tertiary alicyclic amines) is 1. The molecule has 2 aliphatic heterocycles. The second-order valence-electron chi connectivity index (χ2n) is 7.64. The van der Waals surface area contributed by atoms with Crippen molar-refractivity contribution in [1.29, 1.82) is 0 Å². The topological polar surface area (TPSA) is 91.9 Å². The Labute approximate surface area is 178 Å². The number of nitrogens with one attached hydrogen (secondary N) is 1. The first kappa shape index (κ1) is 19.2. The molecule has 1 aromatic heterocycles. The minimum Gasteiger partial charge on any atom is -0.507 e. The molecule has 1 atom stereocenters. The van der Waals surface area contributed by atoms with Crippen molar-refractivity contribution in [1.82, 2.24) is 9.88 Å². The number of nitrogens with zero attached hydrogens (tertiary/aromatic N) is 1. The number of aromatic nitrogens is 1. The van der Waals surface area contributed by atoms with E-state index in [1.54, 1.807) is 29.3 Å². The molecule has 5 rings (SSSR count). The zero-order valence-electron chi connectivity index (χ0n) is 17.1. The molecule has 2 N–H and O–H groups in total. The van der Waals surface area contributed by atoms with Gasteiger partial charge in [-0.3, -0.25) is 9.59 Å². The number of amides is 1. The lowest BCUT2D eigenvalue weighted by molar-refractivity contribution is -0.139. The van der Waals surface area contributed by atoms with Crippen LogP contribution in [-0.2, 0) is 9.59 Å². The molecule has 0 saturated carbocycles. The maximum absolute atomic E-state index is 13.1. The number of rotatable bonds is 4. The van der Waals surface area contributed by atoms with Gasteiger partial charge in [0.2, 0.25) is 0 Å². The quantitative estimate of drug-likeness (QED) is 0.382. The fraction of sp³-hybridized carbons (Fsp3) is 0.250. The van der Waals surface area contributed by atoms with Crippen LogP contribution in [0.2, 0.25) is 0 Å². The van der Waals surface area contributed by atoms with Crippen LogP contribution in [-0.4, -0.2) is 46.4 Å². The fourth-order valence-corrected chi connectivity index (χ4v) is 4.34. The molecule has 3 heterocycles. The Hall–Kier alpha value is -3.74. The molecule has 0 spiro atoms. The van der Waals surface area contributed by atoms with Gasteiger partial charge in [-0.2, -0.15) is 0 Å². The highest BCUT2D eigenvalue weighted by Gasteiger charge is 2.46. The summed E-state index contributed by atoms with van der Waals surface area (Å²) >= 11 is 0. The van der Waals surface area contributed by atoms with E-state index in [-0.39, 0.29) is 11.3 Å². The first-order valence-electron chi connectivity index (χ1n) is 10.3. The van der Waals surface area contributed by atoms with Gasteiger partial charge in [-0.05, 0) is 30.7 Å². The summed E-state index contributed by atoms with van der Waals surface area (Å²) in [6.45, 7) is 3.23. The minimum absolute atomic E-state index is 0.0832. The molecule has 2 aromatic carbocycles. The number of ketones is 1. The number of ether oxygens (including phenoxy) is 2. The van der Waals surface area contributed by atoms with Crippen molar-refractivity contribution in [3.63, 3.8) is 0 Å². The molecule has 1 unspecified atom stereocenters. The smallest absolute Gasteiger partial charge is 0.295 e. The maximum atomic E-state index is 13.1. The summed E-state index contributed by atoms with van der Waals surface area (Å²) in [6, 6.07) is 12.0. The van der Waals surface area contributed by atoms with E-state index < -0.39 is 17.7 Å². The Morgan fingerprint density at radius 3 is 2.71 bits per heavy atom. The number of benzene rings is 2. The van der Waals surface area contributed by atoms with Gasteiger partial charge in [0.05, 0.1) is 11.6 Å². The third-order valence-electron chi connectivity index (χ3n) is 5.74. The van der Waals surface area contributed by atoms with Gasteiger partial charge in [-0.1, -0.05) is 25.1 Å². The molecule has 7 nitrogen and oxygen atoms in total. The first-order valence-corrected chi connectivity index (χ1v) is 10.3. The highest BCUT2D eigenvalue weighted by atomic mass is 16.6. The van der Waals surface area contributed by atoms with Crippen LogP contribution in [0, 0.1) is 0 Å². The van der Waals surface area contributed by atoms with E-state index in [1.165, 1.54) is 0 Å². The number of hydrogen-bond acceptors (Lipinski definition) is 5. The number of fused-ring (bicyclic) bond motifs is 2. The number of aromatic amines is 1. The van der Waals surface area contributed by atoms with Gasteiger partial charge in [-0.15, -0.1) is 0 Å². The van der Waals surface area contributed by atoms with Crippen LogP contribution in [0.4, 0.5) is 0 Å². The average Bonchev–Trinajstić information content (AvgIpc) is 3.33. The van der Waals surface area contributed by atoms with Crippen LogP contribution in [0.25, 0.3) is 16.7 Å². The predicted molar refractivity (Wildman–Crippen MR) is 115 cm³/mol. The van der Waals surface area contributed by atoms with Gasteiger partial charge in [-0.25, -0.2) is 0 Å². The summed E-state index contributed by atoms with van der Waals surface area (Å²) in [5.41, 5.74) is 2.17. The molecule has 31 heavy (non-hydrogen) atoms. The van der Waals surface area contributed by atoms with Gasteiger partial charge in [0.25, 0.3) is 11.7 Å². The van der Waals surface area contributed by atoms with Crippen molar-refractivity contribution in [3.05, 3.63) is 65.4 Å². The Balaban J connectivity index is 1.69. The van der Waals surface area contributed by atoms with Gasteiger partial charge >= 0.3 is 0 Å². The summed E-state index contributed by atoms with van der Waals surface area (Å²) in [4.78, 5) is 30.7. The van der Waals surface area contributed by atoms with Crippen molar-refractivity contribution in [3.8, 4) is 11.5 Å². The van der Waals surface area contributed by atoms with E-state index >= 15 is 0 Å². The van der Waals surface area contributed by atoms with E-state index in [1.807, 2.05) is 31.2 Å². The molecule has 3 aromatic rings. The lowest BCUT2D eigenvalue weighted by Gasteiger charge is -2.24.